The summed E-state index contributed by atoms with van der Waals surface area (Å²) >= 11 is 3.49. The van der Waals surface area contributed by atoms with Crippen molar-refractivity contribution in [1.82, 2.24) is 4.98 Å². The van der Waals surface area contributed by atoms with Crippen molar-refractivity contribution in [2.45, 2.75) is 6.54 Å². The Hall–Kier alpha value is -1.87. The maximum absolute atomic E-state index is 4.15. The van der Waals surface area contributed by atoms with Gasteiger partial charge in [0, 0.05) is 39.9 Å². The molecule has 0 fully saturated rings. The number of nitrogens with zero attached hydrogens (tertiary/aromatic N) is 1. The normalized spacial score (nSPS) is 10.6. The van der Waals surface area contributed by atoms with Gasteiger partial charge in [-0.05, 0) is 29.8 Å². The Balaban J connectivity index is 1.86. The molecule has 1 heterocycles. The van der Waals surface area contributed by atoms with E-state index in [0.717, 1.165) is 22.1 Å². The van der Waals surface area contributed by atoms with E-state index < -0.39 is 0 Å². The van der Waals surface area contributed by atoms with E-state index in [4.69, 9.17) is 0 Å². The third-order valence-electron chi connectivity index (χ3n) is 3.05. The summed E-state index contributed by atoms with van der Waals surface area (Å²) < 4.78 is 1.11. The fourth-order valence-electron chi connectivity index (χ4n) is 2.12. The van der Waals surface area contributed by atoms with Crippen molar-refractivity contribution in [3.8, 4) is 0 Å². The Kier molecular flexibility index (Phi) is 3.47. The largest absolute Gasteiger partial charge is 0.380 e. The zero-order valence-electron chi connectivity index (χ0n) is 10.3. The van der Waals surface area contributed by atoms with Crippen LogP contribution in [0.5, 0.6) is 0 Å². The van der Waals surface area contributed by atoms with Gasteiger partial charge in [-0.25, -0.2) is 0 Å². The van der Waals surface area contributed by atoms with Gasteiger partial charge in [0.05, 0.1) is 0 Å². The van der Waals surface area contributed by atoms with Gasteiger partial charge in [-0.3, -0.25) is 4.98 Å². The van der Waals surface area contributed by atoms with E-state index in [2.05, 4.69) is 50.5 Å². The summed E-state index contributed by atoms with van der Waals surface area (Å²) in [6.45, 7) is 0.806. The summed E-state index contributed by atoms with van der Waals surface area (Å²) in [6, 6.07) is 16.6. The average Bonchev–Trinajstić information content (AvgIpc) is 2.45. The van der Waals surface area contributed by atoms with E-state index in [1.165, 1.54) is 10.9 Å². The Morgan fingerprint density at radius 3 is 2.84 bits per heavy atom. The molecule has 0 bridgehead atoms. The molecule has 2 nitrogen and oxygen atoms in total. The molecule has 0 amide bonds. The van der Waals surface area contributed by atoms with E-state index in [9.17, 15) is 0 Å². The van der Waals surface area contributed by atoms with E-state index in [-0.39, 0.29) is 0 Å². The number of fused-ring (bicyclic) bond motifs is 1. The fraction of sp³-hybridized carbons (Fsp3) is 0.0625. The van der Waals surface area contributed by atoms with Gasteiger partial charge in [-0.15, -0.1) is 0 Å². The van der Waals surface area contributed by atoms with Gasteiger partial charge >= 0.3 is 0 Å². The highest BCUT2D eigenvalue weighted by atomic mass is 79.9. The monoisotopic (exact) mass is 312 g/mol. The molecule has 0 unspecified atom stereocenters. The van der Waals surface area contributed by atoms with Crippen LogP contribution >= 0.6 is 15.9 Å². The number of hydrogen-bond donors (Lipinski definition) is 1. The molecule has 3 aromatic rings. The average molecular weight is 313 g/mol. The van der Waals surface area contributed by atoms with E-state index in [0.29, 0.717) is 0 Å². The van der Waals surface area contributed by atoms with Crippen LogP contribution in [0.4, 0.5) is 5.69 Å². The Bertz CT molecular complexity index is 704. The molecule has 0 saturated heterocycles. The molecule has 3 rings (SSSR count). The first-order chi connectivity index (χ1) is 9.33. The van der Waals surface area contributed by atoms with Crippen molar-refractivity contribution in [1.29, 1.82) is 0 Å². The minimum Gasteiger partial charge on any atom is -0.380 e. The molecule has 0 saturated carbocycles. The van der Waals surface area contributed by atoms with Crippen molar-refractivity contribution in [2.24, 2.45) is 0 Å². The summed E-state index contributed by atoms with van der Waals surface area (Å²) in [7, 11) is 0. The summed E-state index contributed by atoms with van der Waals surface area (Å²) in [5.74, 6) is 0. The van der Waals surface area contributed by atoms with Gasteiger partial charge in [0.2, 0.25) is 0 Å². The number of anilines is 1. The molecule has 94 valence electrons. The zero-order chi connectivity index (χ0) is 13.1. The molecule has 0 aliphatic rings. The number of pyridine rings is 1. The maximum Gasteiger partial charge on any atom is 0.0423 e. The van der Waals surface area contributed by atoms with Crippen molar-refractivity contribution in [3.05, 3.63) is 71.0 Å². The first kappa shape index (κ1) is 12.2. The van der Waals surface area contributed by atoms with Gasteiger partial charge in [-0.1, -0.05) is 40.2 Å². The van der Waals surface area contributed by atoms with E-state index in [1.54, 1.807) is 0 Å². The molecule has 1 aromatic heterocycles. The molecule has 19 heavy (non-hydrogen) atoms. The van der Waals surface area contributed by atoms with Gasteiger partial charge in [0.25, 0.3) is 0 Å². The molecular formula is C16H13BrN2. The SMILES string of the molecule is Brc1cccc(CNc2cccc3cnccc23)c1. The standard InChI is InChI=1S/C16H13BrN2/c17-14-5-1-3-12(9-14)10-19-16-6-2-4-13-11-18-8-7-15(13)16/h1-9,11,19H,10H2. The third-order valence-corrected chi connectivity index (χ3v) is 3.55. The highest BCUT2D eigenvalue weighted by molar-refractivity contribution is 9.10. The molecule has 0 aliphatic heterocycles. The zero-order valence-corrected chi connectivity index (χ0v) is 11.9. The lowest BCUT2D eigenvalue weighted by Crippen LogP contribution is -1.99. The lowest BCUT2D eigenvalue weighted by molar-refractivity contribution is 1.15. The van der Waals surface area contributed by atoms with E-state index in [1.807, 2.05) is 36.7 Å². The van der Waals surface area contributed by atoms with E-state index >= 15 is 0 Å². The first-order valence-electron chi connectivity index (χ1n) is 6.14. The molecule has 3 heteroatoms. The van der Waals surface area contributed by atoms with Crippen LogP contribution in [-0.2, 0) is 6.54 Å². The molecule has 0 radical (unpaired) electrons. The molecular weight excluding hydrogens is 300 g/mol. The Morgan fingerprint density at radius 1 is 1.05 bits per heavy atom. The van der Waals surface area contributed by atoms with Crippen LogP contribution in [0.1, 0.15) is 5.56 Å². The van der Waals surface area contributed by atoms with Crippen LogP contribution < -0.4 is 5.32 Å². The Labute approximate surface area is 120 Å². The third kappa shape index (κ3) is 2.76. The van der Waals surface area contributed by atoms with Crippen LogP contribution in [0.25, 0.3) is 10.8 Å². The molecule has 1 N–H and O–H groups in total. The number of hydrogen-bond acceptors (Lipinski definition) is 2. The minimum absolute atomic E-state index is 0.806. The van der Waals surface area contributed by atoms with Gasteiger partial charge < -0.3 is 5.32 Å². The van der Waals surface area contributed by atoms with Crippen molar-refractivity contribution in [2.75, 3.05) is 5.32 Å². The van der Waals surface area contributed by atoms with Gasteiger partial charge in [0.1, 0.15) is 0 Å². The van der Waals surface area contributed by atoms with Crippen molar-refractivity contribution < 1.29 is 0 Å². The highest BCUT2D eigenvalue weighted by Gasteiger charge is 2.00. The van der Waals surface area contributed by atoms with Gasteiger partial charge in [-0.2, -0.15) is 0 Å². The fourth-order valence-corrected chi connectivity index (χ4v) is 2.57. The van der Waals surface area contributed by atoms with Gasteiger partial charge in [0.15, 0.2) is 0 Å². The first-order valence-corrected chi connectivity index (χ1v) is 6.93. The smallest absolute Gasteiger partial charge is 0.0423 e. The minimum atomic E-state index is 0.806. The van der Waals surface area contributed by atoms with Crippen LogP contribution in [0.15, 0.2) is 65.4 Å². The molecule has 2 aromatic carbocycles. The highest BCUT2D eigenvalue weighted by Crippen LogP contribution is 2.23. The number of rotatable bonds is 3. The summed E-state index contributed by atoms with van der Waals surface area (Å²) in [6.07, 6.45) is 3.71. The van der Waals surface area contributed by atoms with Crippen LogP contribution in [0.2, 0.25) is 0 Å². The molecule has 0 aliphatic carbocycles. The van der Waals surface area contributed by atoms with Crippen LogP contribution in [-0.4, -0.2) is 4.98 Å². The second-order valence-corrected chi connectivity index (χ2v) is 5.30. The van der Waals surface area contributed by atoms with Crippen molar-refractivity contribution in [3.63, 3.8) is 0 Å². The number of nitrogens with one attached hydrogen (secondary N) is 1. The number of benzene rings is 2. The number of aromatic nitrogens is 1. The van der Waals surface area contributed by atoms with Crippen LogP contribution in [0.3, 0.4) is 0 Å². The summed E-state index contributed by atoms with van der Waals surface area (Å²) in [5, 5.41) is 5.84. The second-order valence-electron chi connectivity index (χ2n) is 4.39. The number of halogens is 1. The van der Waals surface area contributed by atoms with Crippen molar-refractivity contribution >= 4 is 32.4 Å². The predicted octanol–water partition coefficient (Wildman–Crippen LogP) is 4.61. The lowest BCUT2D eigenvalue weighted by atomic mass is 10.1. The lowest BCUT2D eigenvalue weighted by Gasteiger charge is -2.09. The molecule has 0 atom stereocenters. The molecule has 0 spiro atoms. The predicted molar refractivity (Wildman–Crippen MR) is 83.2 cm³/mol. The maximum atomic E-state index is 4.15. The summed E-state index contributed by atoms with van der Waals surface area (Å²) in [5.41, 5.74) is 2.39. The van der Waals surface area contributed by atoms with Crippen LogP contribution in [0, 0.1) is 0 Å². The summed E-state index contributed by atoms with van der Waals surface area (Å²) in [4.78, 5) is 4.15. The second kappa shape index (κ2) is 5.41. The Morgan fingerprint density at radius 2 is 1.95 bits per heavy atom. The topological polar surface area (TPSA) is 24.9 Å². The quantitative estimate of drug-likeness (QED) is 0.764.